The summed E-state index contributed by atoms with van der Waals surface area (Å²) in [5.41, 5.74) is 0. The van der Waals surface area contributed by atoms with Crippen LogP contribution in [0.25, 0.3) is 0 Å². The highest BCUT2D eigenvalue weighted by atomic mass is 15.3. The van der Waals surface area contributed by atoms with E-state index in [1.807, 2.05) is 4.68 Å². The van der Waals surface area contributed by atoms with Crippen molar-refractivity contribution in [1.29, 1.82) is 0 Å². The molecule has 0 N–H and O–H groups in total. The molecular formula is C6H9N3. The summed E-state index contributed by atoms with van der Waals surface area (Å²) in [6, 6.07) is 0. The fourth-order valence-electron chi connectivity index (χ4n) is 0.892. The topological polar surface area (TPSA) is 30.7 Å². The van der Waals surface area contributed by atoms with Gasteiger partial charge in [-0.25, -0.2) is 4.98 Å². The minimum Gasteiger partial charge on any atom is -0.253 e. The molecule has 3 heteroatoms. The van der Waals surface area contributed by atoms with Gasteiger partial charge in [0.15, 0.2) is 0 Å². The van der Waals surface area contributed by atoms with Gasteiger partial charge in [0, 0.05) is 6.54 Å². The van der Waals surface area contributed by atoms with E-state index in [0.717, 1.165) is 12.5 Å². The molecule has 1 aromatic rings. The summed E-state index contributed by atoms with van der Waals surface area (Å²) in [5, 5.41) is 4.00. The second kappa shape index (κ2) is 1.83. The van der Waals surface area contributed by atoms with Crippen molar-refractivity contribution < 1.29 is 0 Å². The van der Waals surface area contributed by atoms with Crippen LogP contribution in [0, 0.1) is 5.92 Å². The third-order valence-electron chi connectivity index (χ3n) is 1.61. The van der Waals surface area contributed by atoms with Crippen molar-refractivity contribution in [2.45, 2.75) is 19.4 Å². The number of hydrogen-bond acceptors (Lipinski definition) is 2. The number of rotatable bonds is 2. The first-order valence-electron chi connectivity index (χ1n) is 3.27. The zero-order chi connectivity index (χ0) is 6.10. The van der Waals surface area contributed by atoms with E-state index in [4.69, 9.17) is 0 Å². The van der Waals surface area contributed by atoms with Gasteiger partial charge in [-0.15, -0.1) is 0 Å². The number of aromatic nitrogens is 3. The van der Waals surface area contributed by atoms with Gasteiger partial charge in [-0.3, -0.25) is 4.68 Å². The second-order valence-corrected chi connectivity index (χ2v) is 2.56. The van der Waals surface area contributed by atoms with Crippen molar-refractivity contribution in [3.63, 3.8) is 0 Å². The van der Waals surface area contributed by atoms with Crippen LogP contribution in [-0.2, 0) is 6.54 Å². The summed E-state index contributed by atoms with van der Waals surface area (Å²) in [5.74, 6) is 0.895. The average Bonchev–Trinajstić information content (AvgIpc) is 2.46. The molecule has 1 saturated carbocycles. The largest absolute Gasteiger partial charge is 0.253 e. The predicted molar refractivity (Wildman–Crippen MR) is 32.7 cm³/mol. The van der Waals surface area contributed by atoms with Gasteiger partial charge >= 0.3 is 0 Å². The normalized spacial score (nSPS) is 18.2. The fraction of sp³-hybridized carbons (Fsp3) is 0.667. The Morgan fingerprint density at radius 1 is 1.56 bits per heavy atom. The van der Waals surface area contributed by atoms with E-state index in [1.54, 1.807) is 12.7 Å². The lowest BCUT2D eigenvalue weighted by molar-refractivity contribution is 0.562. The monoisotopic (exact) mass is 123 g/mol. The minimum absolute atomic E-state index is 0.895. The van der Waals surface area contributed by atoms with Crippen LogP contribution in [0.1, 0.15) is 12.8 Å². The van der Waals surface area contributed by atoms with Crippen LogP contribution in [0.3, 0.4) is 0 Å². The molecule has 1 aliphatic carbocycles. The molecule has 0 atom stereocenters. The lowest BCUT2D eigenvalue weighted by Crippen LogP contribution is -1.98. The molecule has 1 aliphatic rings. The van der Waals surface area contributed by atoms with Crippen LogP contribution >= 0.6 is 0 Å². The van der Waals surface area contributed by atoms with Crippen molar-refractivity contribution in [3.8, 4) is 0 Å². The van der Waals surface area contributed by atoms with Crippen molar-refractivity contribution in [2.75, 3.05) is 0 Å². The van der Waals surface area contributed by atoms with Crippen molar-refractivity contribution >= 4 is 0 Å². The molecule has 0 aliphatic heterocycles. The van der Waals surface area contributed by atoms with Crippen molar-refractivity contribution in [1.82, 2.24) is 14.8 Å². The Balaban J connectivity index is 1.99. The highest BCUT2D eigenvalue weighted by Crippen LogP contribution is 2.29. The molecule has 1 heterocycles. The maximum Gasteiger partial charge on any atom is 0.137 e. The molecule has 0 spiro atoms. The summed E-state index contributed by atoms with van der Waals surface area (Å²) in [4.78, 5) is 3.85. The van der Waals surface area contributed by atoms with Crippen LogP contribution < -0.4 is 0 Å². The summed E-state index contributed by atoms with van der Waals surface area (Å²) >= 11 is 0. The third-order valence-corrected chi connectivity index (χ3v) is 1.61. The minimum atomic E-state index is 0.895. The molecule has 48 valence electrons. The third kappa shape index (κ3) is 1.09. The molecule has 1 aromatic heterocycles. The van der Waals surface area contributed by atoms with Crippen molar-refractivity contribution in [3.05, 3.63) is 12.7 Å². The summed E-state index contributed by atoms with van der Waals surface area (Å²) in [7, 11) is 0. The number of nitrogens with zero attached hydrogens (tertiary/aromatic N) is 3. The van der Waals surface area contributed by atoms with Gasteiger partial charge in [0.25, 0.3) is 0 Å². The Bertz CT molecular complexity index is 176. The van der Waals surface area contributed by atoms with Crippen LogP contribution in [0.4, 0.5) is 0 Å². The smallest absolute Gasteiger partial charge is 0.137 e. The Morgan fingerprint density at radius 3 is 3.00 bits per heavy atom. The molecule has 0 aromatic carbocycles. The Kier molecular flexibility index (Phi) is 1.01. The van der Waals surface area contributed by atoms with E-state index < -0.39 is 0 Å². The van der Waals surface area contributed by atoms with Crippen LogP contribution in [0.5, 0.6) is 0 Å². The molecule has 0 saturated heterocycles. The molecule has 0 bridgehead atoms. The van der Waals surface area contributed by atoms with Gasteiger partial charge in [0.2, 0.25) is 0 Å². The molecule has 0 amide bonds. The second-order valence-electron chi connectivity index (χ2n) is 2.56. The summed E-state index contributed by atoms with van der Waals surface area (Å²) in [6.07, 6.45) is 6.11. The van der Waals surface area contributed by atoms with Crippen molar-refractivity contribution in [2.24, 2.45) is 5.92 Å². The zero-order valence-corrected chi connectivity index (χ0v) is 5.20. The predicted octanol–water partition coefficient (Wildman–Crippen LogP) is 0.688. The van der Waals surface area contributed by atoms with E-state index in [9.17, 15) is 0 Å². The lowest BCUT2D eigenvalue weighted by atomic mass is 10.4. The Morgan fingerprint density at radius 2 is 2.44 bits per heavy atom. The maximum absolute atomic E-state index is 4.00. The summed E-state index contributed by atoms with van der Waals surface area (Å²) < 4.78 is 1.90. The van der Waals surface area contributed by atoms with E-state index in [-0.39, 0.29) is 0 Å². The Labute approximate surface area is 53.7 Å². The number of hydrogen-bond donors (Lipinski definition) is 0. The fourth-order valence-corrected chi connectivity index (χ4v) is 0.892. The van der Waals surface area contributed by atoms with Gasteiger partial charge in [0.05, 0.1) is 0 Å². The molecule has 2 rings (SSSR count). The standard InChI is InChI=1S/C6H9N3/c1-2-6(1)3-9-5-7-4-8-9/h4-6H,1-3H2. The molecule has 3 nitrogen and oxygen atoms in total. The van der Waals surface area contributed by atoms with Crippen LogP contribution in [-0.4, -0.2) is 14.8 Å². The molecule has 1 fully saturated rings. The average molecular weight is 123 g/mol. The lowest BCUT2D eigenvalue weighted by Gasteiger charge is -1.93. The van der Waals surface area contributed by atoms with E-state index in [2.05, 4.69) is 10.1 Å². The van der Waals surface area contributed by atoms with Gasteiger partial charge < -0.3 is 0 Å². The SMILES string of the molecule is c1ncn(CC2CC2)n1. The molecule has 0 radical (unpaired) electrons. The highest BCUT2D eigenvalue weighted by Gasteiger charge is 2.21. The van der Waals surface area contributed by atoms with Crippen LogP contribution in [0.15, 0.2) is 12.7 Å². The van der Waals surface area contributed by atoms with E-state index in [0.29, 0.717) is 0 Å². The van der Waals surface area contributed by atoms with Gasteiger partial charge in [-0.05, 0) is 18.8 Å². The first-order chi connectivity index (χ1) is 4.45. The molecular weight excluding hydrogens is 114 g/mol. The molecule has 0 unspecified atom stereocenters. The quantitative estimate of drug-likeness (QED) is 0.579. The zero-order valence-electron chi connectivity index (χ0n) is 5.20. The van der Waals surface area contributed by atoms with Gasteiger partial charge in [-0.1, -0.05) is 0 Å². The highest BCUT2D eigenvalue weighted by molar-refractivity contribution is 4.73. The first-order valence-corrected chi connectivity index (χ1v) is 3.27. The van der Waals surface area contributed by atoms with Gasteiger partial charge in [0.1, 0.15) is 12.7 Å². The maximum atomic E-state index is 4.00. The molecule has 9 heavy (non-hydrogen) atoms. The van der Waals surface area contributed by atoms with E-state index >= 15 is 0 Å². The van der Waals surface area contributed by atoms with Crippen LogP contribution in [0.2, 0.25) is 0 Å². The van der Waals surface area contributed by atoms with E-state index in [1.165, 1.54) is 12.8 Å². The first kappa shape index (κ1) is 4.97. The Hall–Kier alpha value is -0.860. The summed E-state index contributed by atoms with van der Waals surface area (Å²) in [6.45, 7) is 1.07. The van der Waals surface area contributed by atoms with Gasteiger partial charge in [-0.2, -0.15) is 5.10 Å².